The molecule has 1 aliphatic heterocycles. The second-order valence-electron chi connectivity index (χ2n) is 6.87. The molecule has 1 aliphatic rings. The van der Waals surface area contributed by atoms with Gasteiger partial charge in [0.1, 0.15) is 17.2 Å². The summed E-state index contributed by atoms with van der Waals surface area (Å²) < 4.78 is 27.9. The van der Waals surface area contributed by atoms with E-state index in [0.29, 0.717) is 0 Å². The molecule has 2 atom stereocenters. The summed E-state index contributed by atoms with van der Waals surface area (Å²) in [6, 6.07) is 2.92. The Labute approximate surface area is 154 Å². The van der Waals surface area contributed by atoms with E-state index in [-0.39, 0.29) is 18.2 Å². The van der Waals surface area contributed by atoms with Crippen molar-refractivity contribution in [3.63, 3.8) is 0 Å². The van der Waals surface area contributed by atoms with Crippen molar-refractivity contribution >= 4 is 6.34 Å². The molecule has 0 aromatic heterocycles. The van der Waals surface area contributed by atoms with E-state index < -0.39 is 17.2 Å². The van der Waals surface area contributed by atoms with Gasteiger partial charge in [-0.1, -0.05) is 24.8 Å². The summed E-state index contributed by atoms with van der Waals surface area (Å²) in [5, 5.41) is 11.6. The van der Waals surface area contributed by atoms with Gasteiger partial charge in [0.05, 0.1) is 12.9 Å². The molecule has 1 fully saturated rings. The molecule has 0 aliphatic carbocycles. The maximum atomic E-state index is 14.5. The zero-order valence-electron chi connectivity index (χ0n) is 15.5. The molecule has 6 heteroatoms. The first kappa shape index (κ1) is 20.3. The third-order valence-electron chi connectivity index (χ3n) is 5.00. The second kappa shape index (κ2) is 8.56. The van der Waals surface area contributed by atoms with Crippen LogP contribution in [0.2, 0.25) is 0 Å². The molecular weight excluding hydrogens is 336 g/mol. The fraction of sp³-hybridized carbons (Fsp3) is 0.450. The van der Waals surface area contributed by atoms with Gasteiger partial charge in [0.2, 0.25) is 0 Å². The number of aliphatic hydroxyl groups is 1. The summed E-state index contributed by atoms with van der Waals surface area (Å²) in [5.41, 5.74) is -0.284. The maximum absolute atomic E-state index is 14.5. The van der Waals surface area contributed by atoms with Gasteiger partial charge in [-0.3, -0.25) is 4.90 Å². The third-order valence-corrected chi connectivity index (χ3v) is 5.00. The minimum absolute atomic E-state index is 0.0784. The van der Waals surface area contributed by atoms with Crippen molar-refractivity contribution < 1.29 is 13.9 Å². The zero-order chi connectivity index (χ0) is 19.3. The number of likely N-dealkylation sites (tertiary alicyclic amines) is 1. The van der Waals surface area contributed by atoms with Crippen LogP contribution < -0.4 is 0 Å². The van der Waals surface area contributed by atoms with Gasteiger partial charge in [-0.25, -0.2) is 13.8 Å². The molecule has 1 heterocycles. The average molecular weight is 363 g/mol. The number of halogens is 2. The van der Waals surface area contributed by atoms with Crippen molar-refractivity contribution in [3.8, 4) is 0 Å². The average Bonchev–Trinajstić information content (AvgIpc) is 2.59. The lowest BCUT2D eigenvalue weighted by atomic mass is 9.84. The molecule has 2 rings (SSSR count). The number of benzene rings is 1. The molecule has 0 radical (unpaired) electrons. The van der Waals surface area contributed by atoms with Gasteiger partial charge in [-0.2, -0.15) is 0 Å². The molecule has 0 spiro atoms. The lowest BCUT2D eigenvalue weighted by molar-refractivity contribution is -0.0599. The Hall–Kier alpha value is -2.05. The van der Waals surface area contributed by atoms with Crippen LogP contribution in [0.1, 0.15) is 25.3 Å². The van der Waals surface area contributed by atoms with Gasteiger partial charge >= 0.3 is 0 Å². The second-order valence-corrected chi connectivity index (χ2v) is 6.87. The van der Waals surface area contributed by atoms with E-state index >= 15 is 0 Å². The quantitative estimate of drug-likeness (QED) is 0.459. The maximum Gasteiger partial charge on any atom is 0.132 e. The molecule has 142 valence electrons. The van der Waals surface area contributed by atoms with Crippen molar-refractivity contribution in [3.05, 3.63) is 60.3 Å². The van der Waals surface area contributed by atoms with Gasteiger partial charge in [0.15, 0.2) is 0 Å². The Bertz CT molecular complexity index is 682. The highest BCUT2D eigenvalue weighted by atomic mass is 19.1. The highest BCUT2D eigenvalue weighted by molar-refractivity contribution is 5.55. The SMILES string of the molecule is C=C/N=C\N(C)C[C@](O)(c1ccc(F)cc1F)[C@@H](C)N1CCC(=C)CC1. The first-order valence-electron chi connectivity index (χ1n) is 8.71. The number of likely N-dealkylation sites (N-methyl/N-ethyl adjacent to an activating group) is 1. The van der Waals surface area contributed by atoms with Gasteiger partial charge in [-0.05, 0) is 25.8 Å². The predicted octanol–water partition coefficient (Wildman–Crippen LogP) is 3.30. The normalized spacial score (nSPS) is 19.3. The van der Waals surface area contributed by atoms with Gasteiger partial charge < -0.3 is 10.0 Å². The lowest BCUT2D eigenvalue weighted by Gasteiger charge is -2.44. The first-order chi connectivity index (χ1) is 12.3. The fourth-order valence-electron chi connectivity index (χ4n) is 3.39. The fourth-order valence-corrected chi connectivity index (χ4v) is 3.39. The predicted molar refractivity (Wildman–Crippen MR) is 101 cm³/mol. The molecular formula is C20H27F2N3O. The molecule has 0 amide bonds. The lowest BCUT2D eigenvalue weighted by Crippen LogP contribution is -2.55. The summed E-state index contributed by atoms with van der Waals surface area (Å²) in [5.74, 6) is -1.42. The molecule has 0 unspecified atom stereocenters. The van der Waals surface area contributed by atoms with E-state index in [4.69, 9.17) is 0 Å². The molecule has 4 nitrogen and oxygen atoms in total. The number of rotatable bonds is 7. The van der Waals surface area contributed by atoms with E-state index in [2.05, 4.69) is 23.1 Å². The standard InChI is InChI=1S/C20H27F2N3O/c1-5-23-14-24(4)13-20(26,18-7-6-17(21)12-19(18)22)16(3)25-10-8-15(2)9-11-25/h5-7,12,14,16,26H,1-2,8-11,13H2,3-4H3/b23-14-/t16-,20-/m1/s1. The first-order valence-corrected chi connectivity index (χ1v) is 8.71. The summed E-state index contributed by atoms with van der Waals surface area (Å²) in [7, 11) is 1.74. The number of hydrogen-bond acceptors (Lipinski definition) is 3. The van der Waals surface area contributed by atoms with Crippen LogP contribution in [0.15, 0.2) is 48.1 Å². The van der Waals surface area contributed by atoms with Crippen LogP contribution >= 0.6 is 0 Å². The minimum atomic E-state index is -1.54. The molecule has 0 bridgehead atoms. The van der Waals surface area contributed by atoms with Gasteiger partial charge in [0.25, 0.3) is 0 Å². The number of nitrogens with zero attached hydrogens (tertiary/aromatic N) is 3. The van der Waals surface area contributed by atoms with Crippen LogP contribution in [-0.2, 0) is 5.60 Å². The number of aliphatic imine (C=N–C) groups is 1. The minimum Gasteiger partial charge on any atom is -0.382 e. The number of piperidine rings is 1. The van der Waals surface area contributed by atoms with Crippen LogP contribution in [0.25, 0.3) is 0 Å². The Kier molecular flexibility index (Phi) is 6.67. The largest absolute Gasteiger partial charge is 0.382 e. The van der Waals surface area contributed by atoms with E-state index in [9.17, 15) is 13.9 Å². The molecule has 1 saturated heterocycles. The zero-order valence-corrected chi connectivity index (χ0v) is 15.5. The van der Waals surface area contributed by atoms with E-state index in [0.717, 1.165) is 32.0 Å². The summed E-state index contributed by atoms with van der Waals surface area (Å²) >= 11 is 0. The van der Waals surface area contributed by atoms with Crippen molar-refractivity contribution in [1.82, 2.24) is 9.80 Å². The molecule has 1 aromatic rings. The smallest absolute Gasteiger partial charge is 0.132 e. The Morgan fingerprint density at radius 1 is 1.38 bits per heavy atom. The Balaban J connectivity index is 2.38. The Morgan fingerprint density at radius 3 is 2.62 bits per heavy atom. The molecule has 1 N–H and O–H groups in total. The highest BCUT2D eigenvalue weighted by Crippen LogP contribution is 2.33. The van der Waals surface area contributed by atoms with E-state index in [1.54, 1.807) is 11.9 Å². The third kappa shape index (κ3) is 4.56. The summed E-state index contributed by atoms with van der Waals surface area (Å²) in [6.45, 7) is 11.0. The van der Waals surface area contributed by atoms with E-state index in [1.165, 1.54) is 30.2 Å². The monoisotopic (exact) mass is 363 g/mol. The van der Waals surface area contributed by atoms with Crippen molar-refractivity contribution in [2.75, 3.05) is 26.7 Å². The number of hydrogen-bond donors (Lipinski definition) is 1. The topological polar surface area (TPSA) is 39.1 Å². The van der Waals surface area contributed by atoms with Gasteiger partial charge in [-0.15, -0.1) is 0 Å². The van der Waals surface area contributed by atoms with Crippen molar-refractivity contribution in [1.29, 1.82) is 0 Å². The van der Waals surface area contributed by atoms with Crippen LogP contribution in [0.3, 0.4) is 0 Å². The molecule has 1 aromatic carbocycles. The Morgan fingerprint density at radius 2 is 2.04 bits per heavy atom. The molecule has 26 heavy (non-hydrogen) atoms. The van der Waals surface area contributed by atoms with Crippen LogP contribution in [0, 0.1) is 11.6 Å². The van der Waals surface area contributed by atoms with Crippen molar-refractivity contribution in [2.45, 2.75) is 31.4 Å². The van der Waals surface area contributed by atoms with Crippen molar-refractivity contribution in [2.24, 2.45) is 4.99 Å². The highest BCUT2D eigenvalue weighted by Gasteiger charge is 2.42. The van der Waals surface area contributed by atoms with E-state index in [1.807, 2.05) is 6.92 Å². The van der Waals surface area contributed by atoms with Gasteiger partial charge in [0, 0.05) is 44.0 Å². The summed E-state index contributed by atoms with van der Waals surface area (Å²) in [4.78, 5) is 7.73. The van der Waals surface area contributed by atoms with Crippen LogP contribution in [0.4, 0.5) is 8.78 Å². The summed E-state index contributed by atoms with van der Waals surface area (Å²) in [6.07, 6.45) is 4.60. The van der Waals surface area contributed by atoms with Crippen LogP contribution in [-0.4, -0.2) is 54.0 Å². The molecule has 0 saturated carbocycles. The van der Waals surface area contributed by atoms with Crippen LogP contribution in [0.5, 0.6) is 0 Å².